The molecule has 19 heavy (non-hydrogen) atoms. The summed E-state index contributed by atoms with van der Waals surface area (Å²) in [5.41, 5.74) is 6.70. The Bertz CT molecular complexity index is 550. The molecule has 0 aliphatic carbocycles. The minimum atomic E-state index is -0.174. The van der Waals surface area contributed by atoms with E-state index in [9.17, 15) is 4.79 Å². The third-order valence-electron chi connectivity index (χ3n) is 2.83. The largest absolute Gasteiger partial charge is 0.497 e. The van der Waals surface area contributed by atoms with Crippen molar-refractivity contribution >= 4 is 11.6 Å². The lowest BCUT2D eigenvalue weighted by Crippen LogP contribution is -2.27. The Balaban J connectivity index is 1.92. The van der Waals surface area contributed by atoms with Gasteiger partial charge in [-0.25, -0.2) is 0 Å². The lowest BCUT2D eigenvalue weighted by molar-refractivity contribution is 0.0953. The minimum absolute atomic E-state index is 0.174. The van der Waals surface area contributed by atoms with Crippen LogP contribution in [0.15, 0.2) is 42.7 Å². The molecule has 0 saturated heterocycles. The van der Waals surface area contributed by atoms with Gasteiger partial charge in [0.2, 0.25) is 0 Å². The second kappa shape index (κ2) is 5.95. The first-order valence-electron chi connectivity index (χ1n) is 6.03. The molecule has 0 fully saturated rings. The molecule has 0 atom stereocenters. The highest BCUT2D eigenvalue weighted by molar-refractivity contribution is 5.99. The fraction of sp³-hybridized carbons (Fsp3) is 0.214. The van der Waals surface area contributed by atoms with Crippen LogP contribution >= 0.6 is 0 Å². The summed E-state index contributed by atoms with van der Waals surface area (Å²) < 4.78 is 7.04. The first kappa shape index (κ1) is 13.0. The van der Waals surface area contributed by atoms with Gasteiger partial charge in [0.1, 0.15) is 5.75 Å². The first-order chi connectivity index (χ1) is 9.20. The van der Waals surface area contributed by atoms with E-state index in [0.29, 0.717) is 23.5 Å². The molecule has 1 aromatic carbocycles. The van der Waals surface area contributed by atoms with Crippen molar-refractivity contribution < 1.29 is 9.53 Å². The zero-order valence-electron chi connectivity index (χ0n) is 10.8. The zero-order valence-corrected chi connectivity index (χ0v) is 10.8. The Kier molecular flexibility index (Phi) is 4.07. The Morgan fingerprint density at radius 1 is 1.37 bits per heavy atom. The summed E-state index contributed by atoms with van der Waals surface area (Å²) in [7, 11) is 1.56. The molecule has 5 heteroatoms. The highest BCUT2D eigenvalue weighted by atomic mass is 16.5. The second-order valence-corrected chi connectivity index (χ2v) is 4.13. The first-order valence-corrected chi connectivity index (χ1v) is 6.03. The molecule has 0 saturated carbocycles. The molecule has 2 rings (SSSR count). The topological polar surface area (TPSA) is 69.3 Å². The molecule has 100 valence electrons. The molecule has 1 aromatic heterocycles. The highest BCUT2D eigenvalue weighted by Gasteiger charge is 2.09. The molecule has 0 aliphatic rings. The van der Waals surface area contributed by atoms with Gasteiger partial charge >= 0.3 is 0 Å². The number of carbonyl (C=O) groups is 1. The maximum absolute atomic E-state index is 12.0. The van der Waals surface area contributed by atoms with E-state index in [1.54, 1.807) is 25.3 Å². The number of carbonyl (C=O) groups excluding carboxylic acids is 1. The maximum atomic E-state index is 12.0. The predicted octanol–water partition coefficient (Wildman–Crippen LogP) is 1.51. The Morgan fingerprint density at radius 2 is 2.11 bits per heavy atom. The van der Waals surface area contributed by atoms with Crippen molar-refractivity contribution in [2.75, 3.05) is 19.4 Å². The third-order valence-corrected chi connectivity index (χ3v) is 2.83. The molecule has 0 unspecified atom stereocenters. The fourth-order valence-corrected chi connectivity index (χ4v) is 1.79. The van der Waals surface area contributed by atoms with Crippen LogP contribution in [0.5, 0.6) is 5.75 Å². The van der Waals surface area contributed by atoms with E-state index in [4.69, 9.17) is 10.5 Å². The van der Waals surface area contributed by atoms with Crippen molar-refractivity contribution in [3.63, 3.8) is 0 Å². The van der Waals surface area contributed by atoms with Crippen LogP contribution in [-0.4, -0.2) is 24.1 Å². The number of amides is 1. The number of ether oxygens (including phenoxy) is 1. The van der Waals surface area contributed by atoms with Crippen LogP contribution in [0.25, 0.3) is 0 Å². The van der Waals surface area contributed by atoms with Crippen molar-refractivity contribution in [1.82, 2.24) is 9.88 Å². The number of nitrogen functional groups attached to an aromatic ring is 1. The normalized spacial score (nSPS) is 10.2. The quantitative estimate of drug-likeness (QED) is 0.800. The number of hydrogen-bond donors (Lipinski definition) is 2. The average Bonchev–Trinajstić information content (AvgIpc) is 2.91. The van der Waals surface area contributed by atoms with E-state index in [0.717, 1.165) is 6.54 Å². The fourth-order valence-electron chi connectivity index (χ4n) is 1.79. The van der Waals surface area contributed by atoms with Crippen LogP contribution in [0.4, 0.5) is 5.69 Å². The molecule has 0 spiro atoms. The van der Waals surface area contributed by atoms with Crippen LogP contribution in [0.1, 0.15) is 10.4 Å². The van der Waals surface area contributed by atoms with Gasteiger partial charge in [0.25, 0.3) is 5.91 Å². The summed E-state index contributed by atoms with van der Waals surface area (Å²) >= 11 is 0. The molecule has 2 aromatic rings. The Hall–Kier alpha value is -2.43. The van der Waals surface area contributed by atoms with Gasteiger partial charge < -0.3 is 20.4 Å². The number of rotatable bonds is 5. The summed E-state index contributed by atoms with van der Waals surface area (Å²) in [4.78, 5) is 12.0. The highest BCUT2D eigenvalue weighted by Crippen LogP contribution is 2.19. The summed E-state index contributed by atoms with van der Waals surface area (Å²) in [5, 5.41) is 2.83. The number of hydrogen-bond acceptors (Lipinski definition) is 3. The molecular weight excluding hydrogens is 242 g/mol. The van der Waals surface area contributed by atoms with Gasteiger partial charge in [0.05, 0.1) is 12.7 Å². The number of nitrogens with one attached hydrogen (secondary N) is 1. The monoisotopic (exact) mass is 259 g/mol. The van der Waals surface area contributed by atoms with Crippen LogP contribution in [0.2, 0.25) is 0 Å². The number of aromatic nitrogens is 1. The van der Waals surface area contributed by atoms with Crippen molar-refractivity contribution in [2.45, 2.75) is 6.54 Å². The number of benzene rings is 1. The Morgan fingerprint density at radius 3 is 2.74 bits per heavy atom. The summed E-state index contributed by atoms with van der Waals surface area (Å²) in [6.45, 7) is 1.29. The van der Waals surface area contributed by atoms with Gasteiger partial charge in [0, 0.05) is 37.2 Å². The van der Waals surface area contributed by atoms with E-state index in [-0.39, 0.29) is 5.91 Å². The molecule has 1 heterocycles. The van der Waals surface area contributed by atoms with Crippen LogP contribution in [0, 0.1) is 0 Å². The van der Waals surface area contributed by atoms with Gasteiger partial charge in [-0.15, -0.1) is 0 Å². The van der Waals surface area contributed by atoms with Crippen LogP contribution < -0.4 is 15.8 Å². The van der Waals surface area contributed by atoms with Crippen molar-refractivity contribution in [2.24, 2.45) is 0 Å². The molecule has 0 radical (unpaired) electrons. The zero-order chi connectivity index (χ0) is 13.7. The van der Waals surface area contributed by atoms with E-state index in [1.165, 1.54) is 0 Å². The van der Waals surface area contributed by atoms with Crippen molar-refractivity contribution in [3.8, 4) is 5.75 Å². The number of anilines is 1. The van der Waals surface area contributed by atoms with Gasteiger partial charge in [-0.2, -0.15) is 0 Å². The van der Waals surface area contributed by atoms with E-state index in [1.807, 2.05) is 29.1 Å². The van der Waals surface area contributed by atoms with Gasteiger partial charge in [-0.1, -0.05) is 0 Å². The van der Waals surface area contributed by atoms with E-state index < -0.39 is 0 Å². The third kappa shape index (κ3) is 3.28. The molecule has 3 N–H and O–H groups in total. The lowest BCUT2D eigenvalue weighted by atomic mass is 10.1. The van der Waals surface area contributed by atoms with Crippen LogP contribution in [0.3, 0.4) is 0 Å². The SMILES string of the molecule is COc1ccc(C(=O)NCCn2cccc2)c(N)c1. The number of nitrogens with zero attached hydrogens (tertiary/aromatic N) is 1. The molecule has 5 nitrogen and oxygen atoms in total. The van der Waals surface area contributed by atoms with Crippen LogP contribution in [-0.2, 0) is 6.54 Å². The summed E-state index contributed by atoms with van der Waals surface area (Å²) in [6.07, 6.45) is 3.90. The van der Waals surface area contributed by atoms with Crippen molar-refractivity contribution in [1.29, 1.82) is 0 Å². The smallest absolute Gasteiger partial charge is 0.253 e. The molecule has 1 amide bonds. The van der Waals surface area contributed by atoms with E-state index in [2.05, 4.69) is 5.32 Å². The predicted molar refractivity (Wildman–Crippen MR) is 74.2 cm³/mol. The molecule has 0 bridgehead atoms. The Labute approximate surface area is 112 Å². The van der Waals surface area contributed by atoms with Crippen molar-refractivity contribution in [3.05, 3.63) is 48.3 Å². The van der Waals surface area contributed by atoms with Gasteiger partial charge in [0.15, 0.2) is 0 Å². The minimum Gasteiger partial charge on any atom is -0.497 e. The maximum Gasteiger partial charge on any atom is 0.253 e. The lowest BCUT2D eigenvalue weighted by Gasteiger charge is -2.09. The average molecular weight is 259 g/mol. The van der Waals surface area contributed by atoms with Gasteiger partial charge in [-0.05, 0) is 24.3 Å². The molecule has 0 aliphatic heterocycles. The second-order valence-electron chi connectivity index (χ2n) is 4.13. The standard InChI is InChI=1S/C14H17N3O2/c1-19-11-4-5-12(13(15)10-11)14(18)16-6-9-17-7-2-3-8-17/h2-5,7-8,10H,6,9,15H2,1H3,(H,16,18). The number of methoxy groups -OCH3 is 1. The van der Waals surface area contributed by atoms with Gasteiger partial charge in [-0.3, -0.25) is 4.79 Å². The van der Waals surface area contributed by atoms with E-state index >= 15 is 0 Å². The summed E-state index contributed by atoms with van der Waals surface area (Å²) in [6, 6.07) is 8.92. The number of nitrogens with two attached hydrogens (primary N) is 1. The molecular formula is C14H17N3O2. The summed E-state index contributed by atoms with van der Waals surface area (Å²) in [5.74, 6) is 0.466.